The molecule has 0 radical (unpaired) electrons. The summed E-state index contributed by atoms with van der Waals surface area (Å²) in [5.74, 6) is 0. The van der Waals surface area contributed by atoms with Gasteiger partial charge in [-0.25, -0.2) is 4.79 Å². The van der Waals surface area contributed by atoms with Gasteiger partial charge in [-0.15, -0.1) is 0 Å². The average Bonchev–Trinajstić information content (AvgIpc) is 2.31. The van der Waals surface area contributed by atoms with Crippen LogP contribution in [0.4, 0.5) is 4.79 Å². The molecule has 10 heavy (non-hydrogen) atoms. The summed E-state index contributed by atoms with van der Waals surface area (Å²) in [5, 5.41) is 5.35. The minimum atomic E-state index is -0.0984. The van der Waals surface area contributed by atoms with Crippen molar-refractivity contribution in [1.82, 2.24) is 10.6 Å². The van der Waals surface area contributed by atoms with Crippen molar-refractivity contribution >= 4 is 6.03 Å². The molecule has 0 spiro atoms. The first kappa shape index (κ1) is 6.86. The quantitative estimate of drug-likeness (QED) is 0.533. The molecule has 1 atom stereocenters. The van der Waals surface area contributed by atoms with Gasteiger partial charge in [-0.1, -0.05) is 24.8 Å². The highest BCUT2D eigenvalue weighted by molar-refractivity contribution is 5.76. The number of urea groups is 1. The van der Waals surface area contributed by atoms with Crippen LogP contribution in [0.3, 0.4) is 0 Å². The Morgan fingerprint density at radius 3 is 3.00 bits per heavy atom. The van der Waals surface area contributed by atoms with Crippen LogP contribution >= 0.6 is 0 Å². The maximum atomic E-state index is 10.5. The molecule has 3 heteroatoms. The van der Waals surface area contributed by atoms with Gasteiger partial charge >= 0.3 is 6.03 Å². The molecule has 0 aliphatic carbocycles. The van der Waals surface area contributed by atoms with Gasteiger partial charge in [0.25, 0.3) is 0 Å². The van der Waals surface area contributed by atoms with Crippen molar-refractivity contribution in [2.75, 3.05) is 6.54 Å². The zero-order chi connectivity index (χ0) is 7.40. The van der Waals surface area contributed by atoms with E-state index in [1.807, 2.05) is 12.2 Å². The van der Waals surface area contributed by atoms with Crippen molar-refractivity contribution in [3.63, 3.8) is 0 Å². The van der Waals surface area contributed by atoms with Crippen LogP contribution in [0.25, 0.3) is 0 Å². The average molecular weight is 138 g/mol. The summed E-state index contributed by atoms with van der Waals surface area (Å²) in [6.07, 6.45) is 5.40. The molecule has 1 aliphatic rings. The minimum absolute atomic E-state index is 0.0984. The third-order valence-corrected chi connectivity index (χ3v) is 1.28. The maximum Gasteiger partial charge on any atom is 0.315 e. The van der Waals surface area contributed by atoms with Crippen LogP contribution in [0.2, 0.25) is 0 Å². The Morgan fingerprint density at radius 2 is 2.50 bits per heavy atom. The summed E-state index contributed by atoms with van der Waals surface area (Å²) in [4.78, 5) is 10.5. The first-order valence-electron chi connectivity index (χ1n) is 3.16. The van der Waals surface area contributed by atoms with Crippen molar-refractivity contribution < 1.29 is 4.79 Å². The lowest BCUT2D eigenvalue weighted by Crippen LogP contribution is -2.24. The van der Waals surface area contributed by atoms with Gasteiger partial charge in [-0.2, -0.15) is 0 Å². The van der Waals surface area contributed by atoms with Crippen molar-refractivity contribution in [1.29, 1.82) is 0 Å². The molecule has 0 saturated carbocycles. The predicted molar refractivity (Wildman–Crippen MR) is 39.7 cm³/mol. The first-order valence-corrected chi connectivity index (χ1v) is 3.16. The third kappa shape index (κ3) is 1.62. The van der Waals surface area contributed by atoms with Gasteiger partial charge in [-0.05, 0) is 0 Å². The Bertz CT molecular complexity index is 174. The van der Waals surface area contributed by atoms with Crippen LogP contribution in [0.1, 0.15) is 0 Å². The summed E-state index contributed by atoms with van der Waals surface area (Å²) in [7, 11) is 0. The van der Waals surface area contributed by atoms with E-state index >= 15 is 0 Å². The summed E-state index contributed by atoms with van der Waals surface area (Å²) in [5.41, 5.74) is 0. The van der Waals surface area contributed by atoms with Crippen LogP contribution in [-0.4, -0.2) is 18.6 Å². The lowest BCUT2D eigenvalue weighted by molar-refractivity contribution is 0.248. The first-order chi connectivity index (χ1) is 4.83. The van der Waals surface area contributed by atoms with Crippen LogP contribution < -0.4 is 10.6 Å². The molecule has 2 N–H and O–H groups in total. The van der Waals surface area contributed by atoms with Crippen LogP contribution in [-0.2, 0) is 0 Å². The molecule has 0 aromatic rings. The second-order valence-corrected chi connectivity index (χ2v) is 2.08. The fraction of sp³-hybridized carbons (Fsp3) is 0.286. The number of nitrogens with one attached hydrogen (secondary N) is 2. The molecular formula is C7H10N2O. The molecule has 3 nitrogen and oxygen atoms in total. The molecule has 54 valence electrons. The smallest absolute Gasteiger partial charge is 0.315 e. The standard InChI is InChI=1S/C7H10N2O/c1-2-3-4-6-5-8-7(10)9-6/h2-4,6H,1,5H2,(H2,8,9,10)/b4-3+. The highest BCUT2D eigenvalue weighted by Gasteiger charge is 2.15. The van der Waals surface area contributed by atoms with E-state index in [-0.39, 0.29) is 12.1 Å². The fourth-order valence-electron chi connectivity index (χ4n) is 0.802. The molecule has 1 saturated heterocycles. The number of hydrogen-bond donors (Lipinski definition) is 2. The Morgan fingerprint density at radius 1 is 1.70 bits per heavy atom. The van der Waals surface area contributed by atoms with Crippen molar-refractivity contribution in [3.8, 4) is 0 Å². The van der Waals surface area contributed by atoms with E-state index in [0.717, 1.165) is 0 Å². The predicted octanol–water partition coefficient (Wildman–Crippen LogP) is 0.410. The van der Waals surface area contributed by atoms with Gasteiger partial charge in [-0.3, -0.25) is 0 Å². The van der Waals surface area contributed by atoms with E-state index in [1.165, 1.54) is 0 Å². The maximum absolute atomic E-state index is 10.5. The molecule has 1 aliphatic heterocycles. The van der Waals surface area contributed by atoms with E-state index in [4.69, 9.17) is 0 Å². The number of carbonyl (C=O) groups is 1. The Hall–Kier alpha value is -1.25. The van der Waals surface area contributed by atoms with Gasteiger partial charge in [0.1, 0.15) is 0 Å². The van der Waals surface area contributed by atoms with Gasteiger partial charge in [0, 0.05) is 6.54 Å². The number of allylic oxidation sites excluding steroid dienone is 2. The van der Waals surface area contributed by atoms with E-state index in [0.29, 0.717) is 6.54 Å². The fourth-order valence-corrected chi connectivity index (χ4v) is 0.802. The Labute approximate surface area is 59.8 Å². The van der Waals surface area contributed by atoms with E-state index < -0.39 is 0 Å². The normalized spacial score (nSPS) is 24.4. The molecule has 1 rings (SSSR count). The SMILES string of the molecule is C=C/C=C/C1CNC(=O)N1. The highest BCUT2D eigenvalue weighted by atomic mass is 16.2. The monoisotopic (exact) mass is 138 g/mol. The van der Waals surface area contributed by atoms with Crippen LogP contribution in [0, 0.1) is 0 Å². The molecule has 1 fully saturated rings. The molecule has 1 unspecified atom stereocenters. The minimum Gasteiger partial charge on any atom is -0.336 e. The van der Waals surface area contributed by atoms with Crippen LogP contribution in [0.15, 0.2) is 24.8 Å². The highest BCUT2D eigenvalue weighted by Crippen LogP contribution is 1.91. The lowest BCUT2D eigenvalue weighted by Gasteiger charge is -1.97. The van der Waals surface area contributed by atoms with E-state index in [1.54, 1.807) is 6.08 Å². The zero-order valence-electron chi connectivity index (χ0n) is 5.63. The third-order valence-electron chi connectivity index (χ3n) is 1.28. The second-order valence-electron chi connectivity index (χ2n) is 2.08. The van der Waals surface area contributed by atoms with Crippen molar-refractivity contribution in [3.05, 3.63) is 24.8 Å². The van der Waals surface area contributed by atoms with Gasteiger partial charge < -0.3 is 10.6 Å². The summed E-state index contributed by atoms with van der Waals surface area (Å²) in [6, 6.07) is 0.0317. The van der Waals surface area contributed by atoms with E-state index in [2.05, 4.69) is 17.2 Å². The Balaban J connectivity index is 2.37. The summed E-state index contributed by atoms with van der Waals surface area (Å²) < 4.78 is 0. The molecule has 0 bridgehead atoms. The van der Waals surface area contributed by atoms with E-state index in [9.17, 15) is 4.79 Å². The molecule has 0 aromatic carbocycles. The second kappa shape index (κ2) is 3.06. The number of rotatable bonds is 2. The number of carbonyl (C=O) groups excluding carboxylic acids is 1. The topological polar surface area (TPSA) is 41.1 Å². The van der Waals surface area contributed by atoms with Crippen LogP contribution in [0.5, 0.6) is 0 Å². The molecule has 0 aromatic heterocycles. The molecular weight excluding hydrogens is 128 g/mol. The summed E-state index contributed by atoms with van der Waals surface area (Å²) in [6.45, 7) is 4.19. The van der Waals surface area contributed by atoms with Gasteiger partial charge in [0.05, 0.1) is 6.04 Å². The molecule has 2 amide bonds. The largest absolute Gasteiger partial charge is 0.336 e. The lowest BCUT2D eigenvalue weighted by atomic mass is 10.3. The van der Waals surface area contributed by atoms with Gasteiger partial charge in [0.15, 0.2) is 0 Å². The van der Waals surface area contributed by atoms with Gasteiger partial charge in [0.2, 0.25) is 0 Å². The zero-order valence-corrected chi connectivity index (χ0v) is 5.63. The van der Waals surface area contributed by atoms with Crippen molar-refractivity contribution in [2.45, 2.75) is 6.04 Å². The Kier molecular flexibility index (Phi) is 2.10. The molecule has 1 heterocycles. The number of amides is 2. The van der Waals surface area contributed by atoms with Crippen molar-refractivity contribution in [2.24, 2.45) is 0 Å². The summed E-state index contributed by atoms with van der Waals surface area (Å²) >= 11 is 0. The number of hydrogen-bond acceptors (Lipinski definition) is 1.